The van der Waals surface area contributed by atoms with Gasteiger partial charge >= 0.3 is 0 Å². The lowest BCUT2D eigenvalue weighted by Crippen LogP contribution is -2.00. The normalized spacial score (nSPS) is 11.5. The van der Waals surface area contributed by atoms with Crippen molar-refractivity contribution in [2.24, 2.45) is 0 Å². The number of para-hydroxylation sites is 1. The summed E-state index contributed by atoms with van der Waals surface area (Å²) in [5.41, 5.74) is 7.49. The zero-order valence-corrected chi connectivity index (χ0v) is 18.3. The average Bonchev–Trinajstić information content (AvgIpc) is 3.50. The van der Waals surface area contributed by atoms with Gasteiger partial charge in [-0.25, -0.2) is 4.98 Å². The van der Waals surface area contributed by atoms with Crippen LogP contribution in [-0.2, 0) is 0 Å². The minimum absolute atomic E-state index is 0.895. The van der Waals surface area contributed by atoms with Crippen LogP contribution in [0.25, 0.3) is 61.0 Å². The van der Waals surface area contributed by atoms with Gasteiger partial charge in [0.1, 0.15) is 11.4 Å². The van der Waals surface area contributed by atoms with E-state index in [0.717, 1.165) is 50.0 Å². The van der Waals surface area contributed by atoms with Crippen molar-refractivity contribution in [2.45, 2.75) is 0 Å². The van der Waals surface area contributed by atoms with Crippen LogP contribution in [0, 0.1) is 0 Å². The van der Waals surface area contributed by atoms with Crippen molar-refractivity contribution in [3.05, 3.63) is 122 Å². The first-order chi connectivity index (χ1) is 16.8. The lowest BCUT2D eigenvalue weighted by Gasteiger charge is -2.13. The Morgan fingerprint density at radius 1 is 0.559 bits per heavy atom. The molecule has 7 rings (SSSR count). The predicted octanol–water partition coefficient (Wildman–Crippen LogP) is 8.26. The molecule has 0 saturated heterocycles. The molecule has 0 aliphatic rings. The Morgan fingerprint density at radius 2 is 1.29 bits per heavy atom. The first kappa shape index (κ1) is 18.9. The second-order valence-corrected chi connectivity index (χ2v) is 8.51. The van der Waals surface area contributed by atoms with Crippen LogP contribution in [0.3, 0.4) is 0 Å². The highest BCUT2D eigenvalue weighted by atomic mass is 16.3. The predicted molar refractivity (Wildman–Crippen MR) is 139 cm³/mol. The third-order valence-electron chi connectivity index (χ3n) is 6.46. The highest BCUT2D eigenvalue weighted by Gasteiger charge is 2.16. The third-order valence-corrected chi connectivity index (χ3v) is 6.46. The molecule has 0 radical (unpaired) electrons. The van der Waals surface area contributed by atoms with Gasteiger partial charge in [0.15, 0.2) is 0 Å². The van der Waals surface area contributed by atoms with E-state index in [4.69, 9.17) is 9.40 Å². The first-order valence-electron chi connectivity index (χ1n) is 11.4. The number of rotatable bonds is 3. The summed E-state index contributed by atoms with van der Waals surface area (Å²) in [6.07, 6.45) is 1.75. The van der Waals surface area contributed by atoms with Crippen LogP contribution in [0.4, 0.5) is 0 Å². The van der Waals surface area contributed by atoms with Crippen molar-refractivity contribution >= 4 is 32.8 Å². The van der Waals surface area contributed by atoms with E-state index in [-0.39, 0.29) is 0 Å². The van der Waals surface area contributed by atoms with Crippen molar-refractivity contribution in [1.82, 2.24) is 9.55 Å². The monoisotopic (exact) mass is 436 g/mol. The molecule has 3 heteroatoms. The maximum Gasteiger partial charge on any atom is 0.138 e. The fourth-order valence-corrected chi connectivity index (χ4v) is 4.86. The lowest BCUT2D eigenvalue weighted by molar-refractivity contribution is 0.616. The summed E-state index contributed by atoms with van der Waals surface area (Å²) in [5, 5.41) is 3.43. The van der Waals surface area contributed by atoms with Crippen LogP contribution in [0.1, 0.15) is 0 Å². The van der Waals surface area contributed by atoms with E-state index >= 15 is 0 Å². The minimum Gasteiger partial charge on any atom is -0.464 e. The van der Waals surface area contributed by atoms with Crippen molar-refractivity contribution in [2.75, 3.05) is 0 Å². The molecule has 0 bridgehead atoms. The Hall–Kier alpha value is -4.63. The van der Waals surface area contributed by atoms with Gasteiger partial charge in [0.25, 0.3) is 0 Å². The number of pyridine rings is 1. The van der Waals surface area contributed by atoms with Gasteiger partial charge in [-0.1, -0.05) is 78.9 Å². The number of hydrogen-bond acceptors (Lipinski definition) is 2. The molecule has 0 aliphatic heterocycles. The second-order valence-electron chi connectivity index (χ2n) is 8.51. The molecule has 3 aromatic heterocycles. The van der Waals surface area contributed by atoms with E-state index in [1.54, 1.807) is 6.26 Å². The standard InChI is InChI=1S/C31H20N2O/c1-3-9-21(10-4-1)24-17-27(22-11-5-2-6-12-22)32-31(19-24)33-28-14-8-7-13-25(28)26-20-30-23(15-16-34-30)18-29(26)33/h1-20H. The molecular weight excluding hydrogens is 416 g/mol. The molecule has 0 atom stereocenters. The van der Waals surface area contributed by atoms with E-state index < -0.39 is 0 Å². The molecule has 3 nitrogen and oxygen atoms in total. The molecule has 7 aromatic rings. The van der Waals surface area contributed by atoms with Gasteiger partial charge in [-0.15, -0.1) is 0 Å². The van der Waals surface area contributed by atoms with Crippen molar-refractivity contribution in [3.8, 4) is 28.2 Å². The first-order valence-corrected chi connectivity index (χ1v) is 11.4. The summed E-state index contributed by atoms with van der Waals surface area (Å²) in [6.45, 7) is 0. The van der Waals surface area contributed by atoms with Crippen LogP contribution in [0.5, 0.6) is 0 Å². The Balaban J connectivity index is 1.59. The SMILES string of the molecule is c1ccc(-c2cc(-c3ccccc3)nc(-n3c4ccccc4c4cc5occc5cc43)c2)cc1. The van der Waals surface area contributed by atoms with Gasteiger partial charge in [-0.3, -0.25) is 4.57 Å². The van der Waals surface area contributed by atoms with E-state index in [0.29, 0.717) is 0 Å². The van der Waals surface area contributed by atoms with E-state index in [1.807, 2.05) is 18.2 Å². The highest BCUT2D eigenvalue weighted by Crippen LogP contribution is 2.36. The Bertz CT molecular complexity index is 1740. The summed E-state index contributed by atoms with van der Waals surface area (Å²) in [4.78, 5) is 5.18. The molecular formula is C31H20N2O. The van der Waals surface area contributed by atoms with Crippen LogP contribution in [0.2, 0.25) is 0 Å². The third kappa shape index (κ3) is 2.95. The maximum absolute atomic E-state index is 5.72. The molecule has 0 fully saturated rings. The number of aromatic nitrogens is 2. The number of nitrogens with zero attached hydrogens (tertiary/aromatic N) is 2. The fraction of sp³-hybridized carbons (Fsp3) is 0. The molecule has 0 spiro atoms. The van der Waals surface area contributed by atoms with E-state index in [1.165, 1.54) is 10.9 Å². The summed E-state index contributed by atoms with van der Waals surface area (Å²) in [5.74, 6) is 0.897. The molecule has 0 unspecified atom stereocenters. The van der Waals surface area contributed by atoms with Gasteiger partial charge in [0.2, 0.25) is 0 Å². The molecule has 4 aromatic carbocycles. The molecule has 0 aliphatic carbocycles. The number of hydrogen-bond donors (Lipinski definition) is 0. The smallest absolute Gasteiger partial charge is 0.138 e. The second kappa shape index (κ2) is 7.46. The van der Waals surface area contributed by atoms with Gasteiger partial charge in [-0.2, -0.15) is 0 Å². The highest BCUT2D eigenvalue weighted by molar-refractivity contribution is 6.12. The molecule has 0 saturated carbocycles. The minimum atomic E-state index is 0.895. The average molecular weight is 437 g/mol. The Morgan fingerprint density at radius 3 is 2.12 bits per heavy atom. The topological polar surface area (TPSA) is 31.0 Å². The summed E-state index contributed by atoms with van der Waals surface area (Å²) < 4.78 is 7.99. The number of fused-ring (bicyclic) bond motifs is 4. The summed E-state index contributed by atoms with van der Waals surface area (Å²) in [7, 11) is 0. The maximum atomic E-state index is 5.72. The van der Waals surface area contributed by atoms with E-state index in [9.17, 15) is 0 Å². The van der Waals surface area contributed by atoms with Gasteiger partial charge in [0.05, 0.1) is 23.0 Å². The summed E-state index contributed by atoms with van der Waals surface area (Å²) >= 11 is 0. The summed E-state index contributed by atoms with van der Waals surface area (Å²) in [6, 6.07) is 40.1. The molecule has 34 heavy (non-hydrogen) atoms. The number of furan rings is 1. The van der Waals surface area contributed by atoms with Crippen LogP contribution in [0.15, 0.2) is 126 Å². The van der Waals surface area contributed by atoms with Gasteiger partial charge in [-0.05, 0) is 47.5 Å². The zero-order valence-electron chi connectivity index (χ0n) is 18.3. The Labute approximate surface area is 196 Å². The number of benzene rings is 4. The van der Waals surface area contributed by atoms with Gasteiger partial charge in [0, 0.05) is 21.7 Å². The largest absolute Gasteiger partial charge is 0.464 e. The molecule has 3 heterocycles. The van der Waals surface area contributed by atoms with Crippen LogP contribution < -0.4 is 0 Å². The fourth-order valence-electron chi connectivity index (χ4n) is 4.86. The molecule has 0 N–H and O–H groups in total. The lowest BCUT2D eigenvalue weighted by atomic mass is 10.0. The Kier molecular flexibility index (Phi) is 4.15. The molecule has 160 valence electrons. The van der Waals surface area contributed by atoms with Crippen molar-refractivity contribution in [3.63, 3.8) is 0 Å². The van der Waals surface area contributed by atoms with Crippen molar-refractivity contribution < 1.29 is 4.42 Å². The van der Waals surface area contributed by atoms with Crippen molar-refractivity contribution in [1.29, 1.82) is 0 Å². The van der Waals surface area contributed by atoms with Crippen LogP contribution in [-0.4, -0.2) is 9.55 Å². The van der Waals surface area contributed by atoms with Gasteiger partial charge < -0.3 is 4.42 Å². The van der Waals surface area contributed by atoms with E-state index in [2.05, 4.69) is 102 Å². The molecule has 0 amide bonds. The van der Waals surface area contributed by atoms with Crippen LogP contribution >= 0.6 is 0 Å². The quantitative estimate of drug-likeness (QED) is 0.279. The zero-order chi connectivity index (χ0) is 22.5.